The van der Waals surface area contributed by atoms with Gasteiger partial charge in [0.2, 0.25) is 15.8 Å². The topological polar surface area (TPSA) is 130 Å². The Kier molecular flexibility index (Phi) is 8.42. The normalized spacial score (nSPS) is 14.8. The van der Waals surface area contributed by atoms with Crippen molar-refractivity contribution in [3.8, 4) is 5.75 Å². The van der Waals surface area contributed by atoms with Gasteiger partial charge in [0.05, 0.1) is 23.0 Å². The first-order chi connectivity index (χ1) is 16.2. The van der Waals surface area contributed by atoms with E-state index in [4.69, 9.17) is 14.2 Å². The number of carbonyl (C=O) groups excluding carboxylic acids is 1. The van der Waals surface area contributed by atoms with Gasteiger partial charge in [-0.25, -0.2) is 8.42 Å². The fourth-order valence-electron chi connectivity index (χ4n) is 3.87. The van der Waals surface area contributed by atoms with Crippen LogP contribution in [0, 0.1) is 24.0 Å². The molecule has 1 aliphatic heterocycles. The van der Waals surface area contributed by atoms with Gasteiger partial charge in [0, 0.05) is 56.4 Å². The number of sulfonamides is 1. The van der Waals surface area contributed by atoms with E-state index in [1.165, 1.54) is 16.4 Å². The number of aromatic nitrogens is 1. The molecular weight excluding hydrogens is 466 g/mol. The Morgan fingerprint density at radius 2 is 1.91 bits per heavy atom. The zero-order valence-electron chi connectivity index (χ0n) is 19.5. The molecule has 1 aromatic heterocycles. The van der Waals surface area contributed by atoms with Crippen molar-refractivity contribution in [3.63, 3.8) is 0 Å². The van der Waals surface area contributed by atoms with E-state index >= 15 is 0 Å². The van der Waals surface area contributed by atoms with Crippen molar-refractivity contribution in [1.82, 2.24) is 8.87 Å². The molecule has 0 unspecified atom stereocenters. The minimum atomic E-state index is -3.91. The zero-order chi connectivity index (χ0) is 24.9. The van der Waals surface area contributed by atoms with Crippen molar-refractivity contribution in [1.29, 1.82) is 0 Å². The van der Waals surface area contributed by atoms with Gasteiger partial charge >= 0.3 is 5.69 Å². The maximum atomic E-state index is 12.8. The first-order valence-corrected chi connectivity index (χ1v) is 12.3. The molecule has 2 aromatic rings. The maximum absolute atomic E-state index is 12.8. The number of hydrogen-bond donors (Lipinski definition) is 0. The first kappa shape index (κ1) is 25.8. The van der Waals surface area contributed by atoms with Crippen LogP contribution in [0.25, 0.3) is 0 Å². The van der Waals surface area contributed by atoms with Crippen molar-refractivity contribution >= 4 is 21.5 Å². The summed E-state index contributed by atoms with van der Waals surface area (Å²) in [6.07, 6.45) is 0.795. The third kappa shape index (κ3) is 5.63. The number of hydrogen-bond acceptors (Lipinski definition) is 8. The Hall–Kier alpha value is -2.80. The van der Waals surface area contributed by atoms with Crippen LogP contribution in [-0.2, 0) is 26.0 Å². The van der Waals surface area contributed by atoms with Gasteiger partial charge in [0.25, 0.3) is 0 Å². The highest BCUT2D eigenvalue weighted by atomic mass is 32.2. The second kappa shape index (κ2) is 11.1. The van der Waals surface area contributed by atoms with Gasteiger partial charge in [-0.2, -0.15) is 4.31 Å². The number of nitro benzene ring substituents is 1. The largest absolute Gasteiger partial charge is 0.478 e. The Bertz CT molecular complexity index is 1150. The molecule has 2 heterocycles. The average molecular weight is 496 g/mol. The number of rotatable bonds is 11. The predicted molar refractivity (Wildman–Crippen MR) is 123 cm³/mol. The first-order valence-electron chi connectivity index (χ1n) is 10.8. The number of morpholine rings is 1. The number of Topliss-reactive ketones (excluding diaryl/α,β-unsaturated/α-hetero) is 1. The molecule has 12 heteroatoms. The molecule has 0 atom stereocenters. The molecule has 0 saturated carbocycles. The lowest BCUT2D eigenvalue weighted by Gasteiger charge is -2.26. The summed E-state index contributed by atoms with van der Waals surface area (Å²) in [5.74, 6) is -0.501. The van der Waals surface area contributed by atoms with Crippen molar-refractivity contribution in [2.24, 2.45) is 0 Å². The standard InChI is InChI=1S/C22H29N3O8S/c1-16-13-19(17(2)24(16)7-4-10-31-3)21(26)15-33-22-6-5-18(14-20(22)25(27)28)34(29,30)23-8-11-32-12-9-23/h5-6,13-14H,4,7-12,15H2,1-3H3. The molecule has 1 fully saturated rings. The molecule has 0 bridgehead atoms. The maximum Gasteiger partial charge on any atom is 0.312 e. The van der Waals surface area contributed by atoms with E-state index in [9.17, 15) is 23.3 Å². The van der Waals surface area contributed by atoms with E-state index in [0.717, 1.165) is 23.9 Å². The van der Waals surface area contributed by atoms with Crippen LogP contribution in [0.3, 0.4) is 0 Å². The quantitative estimate of drug-likeness (QED) is 0.201. The Balaban J connectivity index is 1.76. The molecule has 1 aromatic carbocycles. The highest BCUT2D eigenvalue weighted by Gasteiger charge is 2.29. The van der Waals surface area contributed by atoms with Gasteiger partial charge in [-0.15, -0.1) is 0 Å². The number of nitrogens with zero attached hydrogens (tertiary/aromatic N) is 3. The highest BCUT2D eigenvalue weighted by Crippen LogP contribution is 2.31. The SMILES string of the molecule is COCCCn1c(C)cc(C(=O)COc2ccc(S(=O)(=O)N3CCOCC3)cc2[N+](=O)[O-])c1C. The van der Waals surface area contributed by atoms with Gasteiger partial charge in [-0.05, 0) is 38.5 Å². The summed E-state index contributed by atoms with van der Waals surface area (Å²) in [5, 5.41) is 11.6. The van der Waals surface area contributed by atoms with Gasteiger partial charge in [0.15, 0.2) is 12.4 Å². The lowest BCUT2D eigenvalue weighted by Crippen LogP contribution is -2.40. The molecule has 1 saturated heterocycles. The van der Waals surface area contributed by atoms with Crippen molar-refractivity contribution in [2.45, 2.75) is 31.7 Å². The lowest BCUT2D eigenvalue weighted by molar-refractivity contribution is -0.386. The van der Waals surface area contributed by atoms with Crippen LogP contribution < -0.4 is 4.74 Å². The van der Waals surface area contributed by atoms with Crippen molar-refractivity contribution in [2.75, 3.05) is 46.6 Å². The molecule has 0 amide bonds. The number of ether oxygens (including phenoxy) is 3. The smallest absolute Gasteiger partial charge is 0.312 e. The third-order valence-corrected chi connectivity index (χ3v) is 7.59. The van der Waals surface area contributed by atoms with Gasteiger partial charge in [-0.3, -0.25) is 14.9 Å². The number of methoxy groups -OCH3 is 1. The van der Waals surface area contributed by atoms with E-state index in [1.54, 1.807) is 13.2 Å². The summed E-state index contributed by atoms with van der Waals surface area (Å²) in [4.78, 5) is 23.5. The summed E-state index contributed by atoms with van der Waals surface area (Å²) in [6.45, 7) is 5.48. The van der Waals surface area contributed by atoms with Gasteiger partial charge in [0.1, 0.15) is 0 Å². The Labute approximate surface area is 198 Å². The fraction of sp³-hybridized carbons (Fsp3) is 0.500. The molecular formula is C22H29N3O8S. The van der Waals surface area contributed by atoms with E-state index < -0.39 is 27.2 Å². The number of nitro groups is 1. The predicted octanol–water partition coefficient (Wildman–Crippen LogP) is 2.33. The minimum Gasteiger partial charge on any atom is -0.478 e. The molecule has 34 heavy (non-hydrogen) atoms. The monoisotopic (exact) mass is 495 g/mol. The van der Waals surface area contributed by atoms with Crippen LogP contribution in [0.15, 0.2) is 29.2 Å². The van der Waals surface area contributed by atoms with Gasteiger partial charge in [-0.1, -0.05) is 0 Å². The van der Waals surface area contributed by atoms with Crippen molar-refractivity contribution in [3.05, 3.63) is 51.3 Å². The molecule has 0 radical (unpaired) electrons. The van der Waals surface area contributed by atoms with Crippen molar-refractivity contribution < 1.29 is 32.3 Å². The van der Waals surface area contributed by atoms with E-state index in [1.807, 2.05) is 18.4 Å². The number of aryl methyl sites for hydroxylation is 1. The Morgan fingerprint density at radius 3 is 2.56 bits per heavy atom. The molecule has 3 rings (SSSR count). The molecule has 1 aliphatic rings. The van der Waals surface area contributed by atoms with Crippen LogP contribution in [0.2, 0.25) is 0 Å². The summed E-state index contributed by atoms with van der Waals surface area (Å²) < 4.78 is 44.6. The summed E-state index contributed by atoms with van der Waals surface area (Å²) in [7, 11) is -2.28. The van der Waals surface area contributed by atoms with Crippen LogP contribution >= 0.6 is 0 Å². The summed E-state index contributed by atoms with van der Waals surface area (Å²) >= 11 is 0. The number of ketones is 1. The molecule has 0 N–H and O–H groups in total. The Morgan fingerprint density at radius 1 is 1.21 bits per heavy atom. The number of benzene rings is 1. The fourth-order valence-corrected chi connectivity index (χ4v) is 5.30. The van der Waals surface area contributed by atoms with Crippen LogP contribution in [0.5, 0.6) is 5.75 Å². The third-order valence-electron chi connectivity index (χ3n) is 5.70. The second-order valence-electron chi connectivity index (χ2n) is 7.90. The van der Waals surface area contributed by atoms with E-state index in [0.29, 0.717) is 18.7 Å². The minimum absolute atomic E-state index is 0.173. The number of carbonyl (C=O) groups is 1. The van der Waals surface area contributed by atoms with Crippen LogP contribution in [0.1, 0.15) is 28.2 Å². The zero-order valence-corrected chi connectivity index (χ0v) is 20.3. The van der Waals surface area contributed by atoms with E-state index in [-0.39, 0.29) is 42.7 Å². The molecule has 0 spiro atoms. The van der Waals surface area contributed by atoms with Crippen LogP contribution in [-0.4, -0.2) is 74.6 Å². The second-order valence-corrected chi connectivity index (χ2v) is 9.84. The average Bonchev–Trinajstić information content (AvgIpc) is 3.11. The molecule has 11 nitrogen and oxygen atoms in total. The van der Waals surface area contributed by atoms with Gasteiger partial charge < -0.3 is 18.8 Å². The van der Waals surface area contributed by atoms with Crippen LogP contribution in [0.4, 0.5) is 5.69 Å². The summed E-state index contributed by atoms with van der Waals surface area (Å²) in [5.41, 5.74) is 1.65. The van der Waals surface area contributed by atoms with E-state index in [2.05, 4.69) is 0 Å². The molecule has 0 aliphatic carbocycles. The summed E-state index contributed by atoms with van der Waals surface area (Å²) in [6, 6.07) is 5.19. The lowest BCUT2D eigenvalue weighted by atomic mass is 10.1. The molecule has 186 valence electrons. The highest BCUT2D eigenvalue weighted by molar-refractivity contribution is 7.89.